The van der Waals surface area contributed by atoms with Gasteiger partial charge in [0.2, 0.25) is 0 Å². The van der Waals surface area contributed by atoms with Crippen LogP contribution >= 0.6 is 0 Å². The number of piperidine rings is 1. The molecule has 0 bridgehead atoms. The van der Waals surface area contributed by atoms with Crippen molar-refractivity contribution in [3.05, 3.63) is 24.0 Å². The maximum atomic E-state index is 4.66. The number of pyridine rings is 1. The third kappa shape index (κ3) is 2.69. The average molecular weight is 273 g/mol. The molecular weight excluding hydrogens is 246 g/mol. The lowest BCUT2D eigenvalue weighted by molar-refractivity contribution is 0.243. The van der Waals surface area contributed by atoms with E-state index in [9.17, 15) is 0 Å². The smallest absolute Gasteiger partial charge is 0.0571 e. The van der Waals surface area contributed by atoms with E-state index in [0.717, 1.165) is 17.7 Å². The Kier molecular flexibility index (Phi) is 4.25. The molecule has 1 saturated heterocycles. The molecule has 0 radical (unpaired) electrons. The lowest BCUT2D eigenvalue weighted by Gasteiger charge is -2.45. The molecule has 1 aromatic heterocycles. The Bertz CT molecular complexity index is 426. The van der Waals surface area contributed by atoms with Crippen LogP contribution in [0.5, 0.6) is 0 Å². The summed E-state index contributed by atoms with van der Waals surface area (Å²) >= 11 is 0. The van der Waals surface area contributed by atoms with E-state index < -0.39 is 0 Å². The van der Waals surface area contributed by atoms with Crippen LogP contribution in [0.15, 0.2) is 18.3 Å². The summed E-state index contributed by atoms with van der Waals surface area (Å²) in [5, 5.41) is 3.25. The summed E-state index contributed by atoms with van der Waals surface area (Å²) in [5.74, 6) is 0.924. The van der Waals surface area contributed by atoms with Gasteiger partial charge in [0.15, 0.2) is 0 Å². The second-order valence-electron chi connectivity index (χ2n) is 6.40. The first-order valence-corrected chi connectivity index (χ1v) is 8.19. The second kappa shape index (κ2) is 6.13. The van der Waals surface area contributed by atoms with Crippen LogP contribution in [0.2, 0.25) is 0 Å². The summed E-state index contributed by atoms with van der Waals surface area (Å²) in [6.07, 6.45) is 10.5. The molecule has 2 fully saturated rings. The van der Waals surface area contributed by atoms with Crippen molar-refractivity contribution in [3.63, 3.8) is 0 Å². The summed E-state index contributed by atoms with van der Waals surface area (Å²) in [6.45, 7) is 3.36. The van der Waals surface area contributed by atoms with Crippen LogP contribution in [0, 0.1) is 5.92 Å². The molecule has 3 atom stereocenters. The van der Waals surface area contributed by atoms with E-state index >= 15 is 0 Å². The molecule has 1 aliphatic carbocycles. The summed E-state index contributed by atoms with van der Waals surface area (Å²) in [5.41, 5.74) is 2.46. The van der Waals surface area contributed by atoms with Gasteiger partial charge in [-0.25, -0.2) is 0 Å². The molecule has 0 aromatic carbocycles. The van der Waals surface area contributed by atoms with Gasteiger partial charge >= 0.3 is 0 Å². The Labute approximate surface area is 122 Å². The van der Waals surface area contributed by atoms with E-state index in [4.69, 9.17) is 0 Å². The predicted molar refractivity (Wildman–Crippen MR) is 84.0 cm³/mol. The fraction of sp³-hybridized carbons (Fsp3) is 0.706. The third-order valence-corrected chi connectivity index (χ3v) is 5.22. The van der Waals surface area contributed by atoms with Gasteiger partial charge in [-0.3, -0.25) is 4.98 Å². The first kappa shape index (κ1) is 13.9. The molecule has 3 rings (SSSR count). The van der Waals surface area contributed by atoms with E-state index in [1.807, 2.05) is 7.05 Å². The van der Waals surface area contributed by atoms with Gasteiger partial charge in [0.05, 0.1) is 17.6 Å². The van der Waals surface area contributed by atoms with E-state index in [1.54, 1.807) is 0 Å². The molecule has 0 amide bonds. The summed E-state index contributed by atoms with van der Waals surface area (Å²) in [7, 11) is 1.98. The molecule has 3 nitrogen and oxygen atoms in total. The highest BCUT2D eigenvalue weighted by Gasteiger charge is 2.33. The number of anilines is 1. The van der Waals surface area contributed by atoms with Crippen LogP contribution in [-0.4, -0.2) is 24.6 Å². The van der Waals surface area contributed by atoms with Gasteiger partial charge in [0, 0.05) is 18.6 Å². The summed E-state index contributed by atoms with van der Waals surface area (Å²) < 4.78 is 0. The van der Waals surface area contributed by atoms with Gasteiger partial charge in [-0.15, -0.1) is 0 Å². The van der Waals surface area contributed by atoms with Crippen LogP contribution in [0.1, 0.15) is 57.2 Å². The highest BCUT2D eigenvalue weighted by atomic mass is 15.2. The fourth-order valence-corrected chi connectivity index (χ4v) is 3.92. The van der Waals surface area contributed by atoms with Gasteiger partial charge in [-0.2, -0.15) is 0 Å². The number of rotatable bonds is 3. The number of hydrogen-bond acceptors (Lipinski definition) is 3. The van der Waals surface area contributed by atoms with E-state index in [-0.39, 0.29) is 0 Å². The van der Waals surface area contributed by atoms with E-state index in [2.05, 4.69) is 40.5 Å². The Morgan fingerprint density at radius 2 is 2.00 bits per heavy atom. The molecule has 3 heteroatoms. The maximum Gasteiger partial charge on any atom is 0.0571 e. The number of fused-ring (bicyclic) bond motifs is 1. The highest BCUT2D eigenvalue weighted by Crippen LogP contribution is 2.37. The molecule has 2 heterocycles. The third-order valence-electron chi connectivity index (χ3n) is 5.22. The molecule has 1 aliphatic heterocycles. The number of aromatic nitrogens is 1. The zero-order chi connectivity index (χ0) is 13.9. The Morgan fingerprint density at radius 3 is 2.75 bits per heavy atom. The van der Waals surface area contributed by atoms with Crippen molar-refractivity contribution in [2.45, 2.75) is 57.5 Å². The van der Waals surface area contributed by atoms with Crippen LogP contribution in [0.25, 0.3) is 0 Å². The zero-order valence-electron chi connectivity index (χ0n) is 12.8. The standard InChI is InChI=1S/C17H27N3/c1-13(18-2)16-10-9-15(12-19-16)20-11-5-7-14-6-3-4-8-17(14)20/h9-10,12-14,17-18H,3-8,11H2,1-2H3. The Hall–Kier alpha value is -1.09. The topological polar surface area (TPSA) is 28.2 Å². The molecule has 1 aromatic rings. The van der Waals surface area contributed by atoms with Crippen molar-refractivity contribution >= 4 is 5.69 Å². The van der Waals surface area contributed by atoms with Gasteiger partial charge in [-0.05, 0) is 57.7 Å². The monoisotopic (exact) mass is 273 g/mol. The van der Waals surface area contributed by atoms with Crippen molar-refractivity contribution in [2.75, 3.05) is 18.5 Å². The average Bonchev–Trinajstić information content (AvgIpc) is 2.54. The van der Waals surface area contributed by atoms with Gasteiger partial charge in [0.1, 0.15) is 0 Å². The van der Waals surface area contributed by atoms with E-state index in [0.29, 0.717) is 6.04 Å². The maximum absolute atomic E-state index is 4.66. The minimum absolute atomic E-state index is 0.327. The molecule has 1 saturated carbocycles. The minimum atomic E-state index is 0.327. The number of nitrogens with zero attached hydrogens (tertiary/aromatic N) is 2. The Morgan fingerprint density at radius 1 is 1.20 bits per heavy atom. The van der Waals surface area contributed by atoms with Crippen LogP contribution < -0.4 is 10.2 Å². The van der Waals surface area contributed by atoms with Crippen molar-refractivity contribution in [3.8, 4) is 0 Å². The second-order valence-corrected chi connectivity index (χ2v) is 6.40. The fourth-order valence-electron chi connectivity index (χ4n) is 3.92. The largest absolute Gasteiger partial charge is 0.367 e. The predicted octanol–water partition coefficient (Wildman–Crippen LogP) is 3.52. The van der Waals surface area contributed by atoms with Crippen molar-refractivity contribution in [1.29, 1.82) is 0 Å². The molecule has 1 N–H and O–H groups in total. The quantitative estimate of drug-likeness (QED) is 0.913. The lowest BCUT2D eigenvalue weighted by Crippen LogP contribution is -2.46. The first-order valence-electron chi connectivity index (χ1n) is 8.19. The Balaban J connectivity index is 1.77. The van der Waals surface area contributed by atoms with Crippen LogP contribution in [0.4, 0.5) is 5.69 Å². The van der Waals surface area contributed by atoms with E-state index in [1.165, 1.54) is 50.8 Å². The highest BCUT2D eigenvalue weighted by molar-refractivity contribution is 5.46. The first-order chi connectivity index (χ1) is 9.79. The zero-order valence-corrected chi connectivity index (χ0v) is 12.8. The number of nitrogens with one attached hydrogen (secondary N) is 1. The SMILES string of the molecule is CNC(C)c1ccc(N2CCCC3CCCCC32)cn1. The van der Waals surface area contributed by atoms with Crippen molar-refractivity contribution in [1.82, 2.24) is 10.3 Å². The van der Waals surface area contributed by atoms with Crippen molar-refractivity contribution < 1.29 is 0 Å². The molecule has 20 heavy (non-hydrogen) atoms. The van der Waals surface area contributed by atoms with Crippen LogP contribution in [0.3, 0.4) is 0 Å². The molecule has 110 valence electrons. The van der Waals surface area contributed by atoms with Crippen molar-refractivity contribution in [2.24, 2.45) is 5.92 Å². The summed E-state index contributed by atoms with van der Waals surface area (Å²) in [6, 6.07) is 5.55. The molecular formula is C17H27N3. The minimum Gasteiger partial charge on any atom is -0.367 e. The van der Waals surface area contributed by atoms with Crippen LogP contribution in [-0.2, 0) is 0 Å². The number of hydrogen-bond donors (Lipinski definition) is 1. The molecule has 0 spiro atoms. The molecule has 3 unspecified atom stereocenters. The van der Waals surface area contributed by atoms with Gasteiger partial charge < -0.3 is 10.2 Å². The normalized spacial score (nSPS) is 28.0. The van der Waals surface area contributed by atoms with Gasteiger partial charge in [0.25, 0.3) is 0 Å². The lowest BCUT2D eigenvalue weighted by atomic mass is 9.78. The summed E-state index contributed by atoms with van der Waals surface area (Å²) in [4.78, 5) is 7.29. The van der Waals surface area contributed by atoms with Gasteiger partial charge in [-0.1, -0.05) is 12.8 Å². The molecule has 2 aliphatic rings.